The van der Waals surface area contributed by atoms with Gasteiger partial charge in [-0.25, -0.2) is 4.99 Å². The number of anilines is 2. The Labute approximate surface area is 363 Å². The van der Waals surface area contributed by atoms with Crippen LogP contribution in [0, 0.1) is 17.8 Å². The minimum atomic E-state index is -0.397. The second-order valence-corrected chi connectivity index (χ2v) is 18.0. The molecule has 0 saturated heterocycles. The van der Waals surface area contributed by atoms with Gasteiger partial charge in [0.2, 0.25) is 0 Å². The molecule has 0 saturated carbocycles. The van der Waals surface area contributed by atoms with Crippen LogP contribution in [0.5, 0.6) is 0 Å². The molecule has 4 aromatic rings. The van der Waals surface area contributed by atoms with Gasteiger partial charge >= 0.3 is 0 Å². The zero-order chi connectivity index (χ0) is 42.6. The molecule has 4 nitrogen and oxygen atoms in total. The van der Waals surface area contributed by atoms with E-state index < -0.39 is 5.54 Å². The fourth-order valence-corrected chi connectivity index (χ4v) is 11.3. The fraction of sp³-hybridized carbons (Fsp3) is 0.281. The third-order valence-corrected chi connectivity index (χ3v) is 14.3. The summed E-state index contributed by atoms with van der Waals surface area (Å²) in [7, 11) is 0. The molecule has 8 atom stereocenters. The maximum Gasteiger partial charge on any atom is 0.197 e. The molecule has 2 N–H and O–H groups in total. The molecule has 0 fully saturated rings. The Morgan fingerprint density at radius 3 is 2.39 bits per heavy atom. The molecule has 61 heavy (non-hydrogen) atoms. The van der Waals surface area contributed by atoms with Crippen LogP contribution in [-0.2, 0) is 0 Å². The maximum atomic E-state index is 7.36. The van der Waals surface area contributed by atoms with Crippen LogP contribution in [0.1, 0.15) is 76.3 Å². The molecule has 0 bridgehead atoms. The SMILES string of the molecule is C=C/C=C\C(=C)[C@@H](C)C(N=C(N)N1c2cc(-c3cc4c(c5ccccc35)N(C3=CC(C=C)[C@H](CCC)C=C3)C3C=CC=C[C@@H]43)c3ccccc3c2[C@@H]2CCC=CC21C)C(=C)C. The van der Waals surface area contributed by atoms with Crippen molar-refractivity contribution < 1.29 is 0 Å². The highest BCUT2D eigenvalue weighted by Crippen LogP contribution is 2.58. The van der Waals surface area contributed by atoms with Gasteiger partial charge in [-0.2, -0.15) is 0 Å². The Kier molecular flexibility index (Phi) is 10.6. The van der Waals surface area contributed by atoms with Gasteiger partial charge in [0.15, 0.2) is 5.96 Å². The number of allylic oxidation sites excluding steroid dienone is 10. The molecular formula is C57H60N4. The average Bonchev–Trinajstić information content (AvgIpc) is 3.76. The quantitative estimate of drug-likeness (QED) is 0.0711. The van der Waals surface area contributed by atoms with E-state index in [1.165, 1.54) is 55.2 Å². The first kappa shape index (κ1) is 40.3. The van der Waals surface area contributed by atoms with Gasteiger partial charge in [-0.15, -0.1) is 6.58 Å². The average molecular weight is 801 g/mol. The van der Waals surface area contributed by atoms with E-state index in [-0.39, 0.29) is 29.8 Å². The van der Waals surface area contributed by atoms with Gasteiger partial charge in [-0.05, 0) is 101 Å². The summed E-state index contributed by atoms with van der Waals surface area (Å²) in [5, 5.41) is 5.05. The van der Waals surface area contributed by atoms with Crippen LogP contribution in [0.15, 0.2) is 188 Å². The van der Waals surface area contributed by atoms with Gasteiger partial charge in [0, 0.05) is 40.4 Å². The Bertz CT molecular complexity index is 2700. The van der Waals surface area contributed by atoms with Crippen LogP contribution >= 0.6 is 0 Å². The predicted octanol–water partition coefficient (Wildman–Crippen LogP) is 13.9. The van der Waals surface area contributed by atoms with Crippen molar-refractivity contribution in [2.75, 3.05) is 9.80 Å². The Morgan fingerprint density at radius 2 is 1.67 bits per heavy atom. The molecule has 0 spiro atoms. The lowest BCUT2D eigenvalue weighted by molar-refractivity contribution is 0.445. The molecule has 0 radical (unpaired) electrons. The molecule has 9 rings (SSSR count). The van der Waals surface area contributed by atoms with E-state index >= 15 is 0 Å². The van der Waals surface area contributed by atoms with Gasteiger partial charge in [-0.3, -0.25) is 0 Å². The molecule has 4 unspecified atom stereocenters. The zero-order valence-corrected chi connectivity index (χ0v) is 36.4. The van der Waals surface area contributed by atoms with E-state index in [1.54, 1.807) is 6.08 Å². The van der Waals surface area contributed by atoms with Crippen LogP contribution in [0.2, 0.25) is 0 Å². The number of nitrogens with two attached hydrogens (primary N) is 1. The van der Waals surface area contributed by atoms with E-state index in [9.17, 15) is 0 Å². The number of aliphatic imine (C=N–C) groups is 1. The number of benzene rings is 4. The fourth-order valence-electron chi connectivity index (χ4n) is 11.3. The molecule has 5 aliphatic rings. The number of rotatable bonds is 11. The molecule has 308 valence electrons. The normalized spacial score (nSPS) is 25.9. The van der Waals surface area contributed by atoms with Crippen LogP contribution in [0.3, 0.4) is 0 Å². The third-order valence-electron chi connectivity index (χ3n) is 14.3. The second-order valence-electron chi connectivity index (χ2n) is 18.0. The lowest BCUT2D eigenvalue weighted by atomic mass is 9.75. The van der Waals surface area contributed by atoms with Gasteiger partial charge < -0.3 is 15.5 Å². The van der Waals surface area contributed by atoms with E-state index in [1.807, 2.05) is 19.1 Å². The topological polar surface area (TPSA) is 44.9 Å². The number of nitrogens with zero attached hydrogens (tertiary/aromatic N) is 3. The maximum absolute atomic E-state index is 7.36. The Hall–Kier alpha value is -6.13. The Balaban J connectivity index is 1.26. The summed E-state index contributed by atoms with van der Waals surface area (Å²) in [6, 6.07) is 23.0. The van der Waals surface area contributed by atoms with E-state index in [4.69, 9.17) is 10.7 Å². The highest BCUT2D eigenvalue weighted by Gasteiger charge is 2.50. The molecule has 0 amide bonds. The minimum absolute atomic E-state index is 0.00266. The van der Waals surface area contributed by atoms with Gasteiger partial charge in [0.25, 0.3) is 0 Å². The van der Waals surface area contributed by atoms with Gasteiger partial charge in [-0.1, -0.05) is 167 Å². The van der Waals surface area contributed by atoms with Crippen molar-refractivity contribution in [3.05, 3.63) is 194 Å². The highest BCUT2D eigenvalue weighted by molar-refractivity contribution is 6.15. The molecule has 3 aliphatic carbocycles. The van der Waals surface area contributed by atoms with E-state index in [0.717, 1.165) is 42.5 Å². The highest BCUT2D eigenvalue weighted by atomic mass is 15.3. The molecular weight excluding hydrogens is 741 g/mol. The predicted molar refractivity (Wildman–Crippen MR) is 263 cm³/mol. The first-order chi connectivity index (χ1) is 29.6. The van der Waals surface area contributed by atoms with Crippen molar-refractivity contribution in [3.63, 3.8) is 0 Å². The lowest BCUT2D eigenvalue weighted by Gasteiger charge is -2.40. The number of guanidine groups is 1. The number of hydrogen-bond acceptors (Lipinski definition) is 2. The van der Waals surface area contributed by atoms with Crippen LogP contribution in [-0.4, -0.2) is 23.6 Å². The van der Waals surface area contributed by atoms with Gasteiger partial charge in [0.1, 0.15) is 0 Å². The summed E-state index contributed by atoms with van der Waals surface area (Å²) in [6.07, 6.45) is 33.4. The van der Waals surface area contributed by atoms with E-state index in [2.05, 4.69) is 178 Å². The number of hydrogen-bond donors (Lipinski definition) is 1. The van der Waals surface area contributed by atoms with Crippen LogP contribution < -0.4 is 15.5 Å². The van der Waals surface area contributed by atoms with Gasteiger partial charge in [0.05, 0.1) is 23.3 Å². The Morgan fingerprint density at radius 1 is 0.967 bits per heavy atom. The summed E-state index contributed by atoms with van der Waals surface area (Å²) in [6.45, 7) is 25.7. The van der Waals surface area contributed by atoms with Crippen molar-refractivity contribution in [1.29, 1.82) is 0 Å². The first-order valence-electron chi connectivity index (χ1n) is 22.3. The van der Waals surface area contributed by atoms with Crippen molar-refractivity contribution in [1.82, 2.24) is 0 Å². The molecule has 0 aromatic heterocycles. The smallest absolute Gasteiger partial charge is 0.197 e. The summed E-state index contributed by atoms with van der Waals surface area (Å²) in [4.78, 5) is 10.3. The second kappa shape index (κ2) is 16.0. The molecule has 2 aliphatic heterocycles. The van der Waals surface area contributed by atoms with Crippen molar-refractivity contribution in [3.8, 4) is 11.1 Å². The number of fused-ring (bicyclic) bond motifs is 10. The largest absolute Gasteiger partial charge is 0.369 e. The summed E-state index contributed by atoms with van der Waals surface area (Å²) < 4.78 is 0. The van der Waals surface area contributed by atoms with Crippen molar-refractivity contribution >= 4 is 38.9 Å². The van der Waals surface area contributed by atoms with Crippen LogP contribution in [0.4, 0.5) is 11.4 Å². The monoisotopic (exact) mass is 800 g/mol. The lowest BCUT2D eigenvalue weighted by Crippen LogP contribution is -2.52. The summed E-state index contributed by atoms with van der Waals surface area (Å²) in [5.74, 6) is 1.73. The summed E-state index contributed by atoms with van der Waals surface area (Å²) in [5.41, 5.74) is 17.7. The van der Waals surface area contributed by atoms with Crippen LogP contribution in [0.25, 0.3) is 32.7 Å². The minimum Gasteiger partial charge on any atom is -0.369 e. The molecule has 2 heterocycles. The zero-order valence-electron chi connectivity index (χ0n) is 36.4. The summed E-state index contributed by atoms with van der Waals surface area (Å²) >= 11 is 0. The third kappa shape index (κ3) is 6.54. The van der Waals surface area contributed by atoms with Crippen molar-refractivity contribution in [2.24, 2.45) is 28.5 Å². The van der Waals surface area contributed by atoms with Crippen molar-refractivity contribution in [2.45, 2.75) is 82.8 Å². The van der Waals surface area contributed by atoms with E-state index in [0.29, 0.717) is 17.8 Å². The first-order valence-corrected chi connectivity index (χ1v) is 22.3. The molecule has 4 aromatic carbocycles. The standard InChI is InChI=1S/C57H60N4/c1-9-12-22-37(6)38(7)54(36(4)5)59-56(58)61-52-35-48(42-23-13-15-26-45(42)53(52)50-28-19-20-32-57(50,61)8)47-34-49-44-25-17-18-29-51(44)60(55(49)46-27-16-14-24-43(46)47)41-31-30-40(21-10-2)39(11-3)33-41/h9,11-18,20,22-27,29-35,38-40,44,50-51,54H,1,3-4,6,10,19,21,28H2,2,5,7-8H3,(H2,58,59)/b22-12-/t38-,39?,40-,44+,50+,51?,54?,57?/m1/s1. The molecule has 4 heteroatoms.